The fourth-order valence-electron chi connectivity index (χ4n) is 9.32. The molecule has 0 radical (unpaired) electrons. The van der Waals surface area contributed by atoms with Crippen LogP contribution in [0.5, 0.6) is 34.5 Å². The number of nitrogens with zero attached hydrogens (tertiary/aromatic N) is 2. The molecule has 0 aliphatic carbocycles. The Labute approximate surface area is 442 Å². The van der Waals surface area contributed by atoms with Gasteiger partial charge >= 0.3 is 0 Å². The van der Waals surface area contributed by atoms with E-state index in [1.54, 1.807) is 50.6 Å². The Balaban J connectivity index is 0.000000243. The standard InChI is InChI=1S/C27H35NO7S.C24H29NO5.C3H8O3S.ClH/c1-19(2)34-23-10-9-20(17-24(23)32-3)26(29)28-13-11-27(12-14-28)18-25(33-15-16-36(4,30)31)21-7-5-6-8-22(21)35-27;1-16(2)29-21-9-8-17(14-22(21)28-3)23(27)25-12-10-24(11-13-25)15-19(26)18-6-4-5-7-20(18)30-24;1-7(5,6)3-2-4;/h5-10,17,19,25H,11-16,18H2,1-4H3;4-9,14,16,19,26H,10-13,15H2,1-3H3;4H,2-3H2,1H3;1H. The number of ether oxygens (including phenoxy) is 7. The molecule has 2 atom stereocenters. The minimum absolute atomic E-state index is 0. The van der Waals surface area contributed by atoms with E-state index in [0.29, 0.717) is 98.8 Å². The highest BCUT2D eigenvalue weighted by Gasteiger charge is 2.46. The van der Waals surface area contributed by atoms with E-state index >= 15 is 0 Å². The van der Waals surface area contributed by atoms with E-state index in [-0.39, 0.29) is 67.3 Å². The first kappa shape index (κ1) is 59.6. The van der Waals surface area contributed by atoms with Gasteiger partial charge in [-0.25, -0.2) is 16.8 Å². The first-order valence-electron chi connectivity index (χ1n) is 24.7. The lowest BCUT2D eigenvalue weighted by atomic mass is 9.81. The molecule has 2 saturated heterocycles. The molecule has 0 bridgehead atoms. The maximum atomic E-state index is 13.3. The third-order valence-corrected chi connectivity index (χ3v) is 14.9. The predicted octanol–water partition coefficient (Wildman–Crippen LogP) is 7.46. The van der Waals surface area contributed by atoms with Crippen LogP contribution >= 0.6 is 12.4 Å². The van der Waals surface area contributed by atoms with Crippen molar-refractivity contribution in [1.29, 1.82) is 0 Å². The van der Waals surface area contributed by atoms with E-state index in [9.17, 15) is 31.5 Å². The van der Waals surface area contributed by atoms with Gasteiger partial charge in [-0.1, -0.05) is 36.4 Å². The molecule has 4 aromatic carbocycles. The number of sulfone groups is 2. The van der Waals surface area contributed by atoms with Crippen molar-refractivity contribution in [2.45, 2.75) is 102 Å². The van der Waals surface area contributed by atoms with Crippen molar-refractivity contribution >= 4 is 43.9 Å². The van der Waals surface area contributed by atoms with Crippen LogP contribution in [0, 0.1) is 0 Å². The molecule has 4 aliphatic heterocycles. The highest BCUT2D eigenvalue weighted by Crippen LogP contribution is 2.47. The number of aliphatic hydroxyl groups excluding tert-OH is 2. The molecule has 2 N–H and O–H groups in total. The molecule has 4 heterocycles. The Morgan fingerprint density at radius 2 is 1.05 bits per heavy atom. The molecule has 20 heteroatoms. The summed E-state index contributed by atoms with van der Waals surface area (Å²) < 4.78 is 84.5. The van der Waals surface area contributed by atoms with Crippen LogP contribution in [0.1, 0.15) is 110 Å². The lowest BCUT2D eigenvalue weighted by Crippen LogP contribution is -2.52. The van der Waals surface area contributed by atoms with E-state index in [1.165, 1.54) is 6.26 Å². The molecule has 17 nitrogen and oxygen atoms in total. The van der Waals surface area contributed by atoms with Crippen molar-refractivity contribution in [2.24, 2.45) is 0 Å². The summed E-state index contributed by atoms with van der Waals surface area (Å²) in [4.78, 5) is 30.0. The molecule has 2 unspecified atom stereocenters. The molecule has 0 aromatic heterocycles. The number of methoxy groups -OCH3 is 2. The van der Waals surface area contributed by atoms with Crippen molar-refractivity contribution in [3.05, 3.63) is 107 Å². The maximum absolute atomic E-state index is 13.3. The van der Waals surface area contributed by atoms with Gasteiger partial charge in [-0.05, 0) is 76.2 Å². The number of carbonyl (C=O) groups excluding carboxylic acids is 2. The van der Waals surface area contributed by atoms with Crippen LogP contribution in [0.15, 0.2) is 84.9 Å². The van der Waals surface area contributed by atoms with Crippen LogP contribution < -0.4 is 28.4 Å². The average molecular weight is 1090 g/mol. The Morgan fingerprint density at radius 1 is 0.635 bits per heavy atom. The smallest absolute Gasteiger partial charge is 0.253 e. The van der Waals surface area contributed by atoms with Crippen molar-refractivity contribution in [3.8, 4) is 34.5 Å². The van der Waals surface area contributed by atoms with Crippen molar-refractivity contribution < 1.29 is 69.8 Å². The first-order chi connectivity index (χ1) is 34.6. The minimum Gasteiger partial charge on any atom is -0.493 e. The second kappa shape index (κ2) is 26.0. The molecule has 8 rings (SSSR count). The molecule has 2 amide bonds. The number of aliphatic hydroxyl groups is 2. The summed E-state index contributed by atoms with van der Waals surface area (Å²) in [6.07, 6.45) is 5.40. The van der Waals surface area contributed by atoms with Crippen LogP contribution in [0.2, 0.25) is 0 Å². The number of likely N-dealkylation sites (tertiary alicyclic amines) is 2. The Hall–Kier alpha value is -5.31. The number of para-hydroxylation sites is 2. The van der Waals surface area contributed by atoms with Gasteiger partial charge in [-0.3, -0.25) is 9.59 Å². The van der Waals surface area contributed by atoms with Crippen LogP contribution in [0.4, 0.5) is 0 Å². The van der Waals surface area contributed by atoms with Crippen molar-refractivity contribution in [1.82, 2.24) is 9.80 Å². The van der Waals surface area contributed by atoms with Gasteiger partial charge in [-0.2, -0.15) is 0 Å². The number of halogens is 1. The summed E-state index contributed by atoms with van der Waals surface area (Å²) in [7, 11) is -2.90. The number of piperidine rings is 2. The Morgan fingerprint density at radius 3 is 1.46 bits per heavy atom. The molecule has 2 spiro atoms. The number of rotatable bonds is 14. The fourth-order valence-corrected chi connectivity index (χ4v) is 10.1. The van der Waals surface area contributed by atoms with Gasteiger partial charge < -0.3 is 53.2 Å². The maximum Gasteiger partial charge on any atom is 0.253 e. The second-order valence-corrected chi connectivity index (χ2v) is 24.1. The van der Waals surface area contributed by atoms with Gasteiger partial charge in [0, 0.05) is 99.5 Å². The van der Waals surface area contributed by atoms with Crippen molar-refractivity contribution in [2.75, 3.05) is 77.6 Å². The molecule has 2 fully saturated rings. The van der Waals surface area contributed by atoms with E-state index in [1.807, 2.05) is 86.0 Å². The summed E-state index contributed by atoms with van der Waals surface area (Å²) in [6.45, 7) is 9.89. The number of carbonyl (C=O) groups is 2. The first-order valence-corrected chi connectivity index (χ1v) is 28.8. The lowest BCUT2D eigenvalue weighted by molar-refractivity contribution is -0.0696. The minimum atomic E-state index is -3.11. The number of fused-ring (bicyclic) bond motifs is 2. The summed E-state index contributed by atoms with van der Waals surface area (Å²) in [5.74, 6) is 3.59. The van der Waals surface area contributed by atoms with E-state index in [2.05, 4.69) is 0 Å². The van der Waals surface area contributed by atoms with Crippen LogP contribution in [0.3, 0.4) is 0 Å². The van der Waals surface area contributed by atoms with Gasteiger partial charge in [0.05, 0.1) is 63.4 Å². The van der Waals surface area contributed by atoms with Gasteiger partial charge in [0.25, 0.3) is 11.8 Å². The van der Waals surface area contributed by atoms with Crippen LogP contribution in [-0.4, -0.2) is 150 Å². The van der Waals surface area contributed by atoms with Gasteiger partial charge in [-0.15, -0.1) is 12.4 Å². The van der Waals surface area contributed by atoms with E-state index < -0.39 is 37.0 Å². The zero-order valence-electron chi connectivity index (χ0n) is 43.6. The monoisotopic (exact) mass is 1090 g/mol. The average Bonchev–Trinajstić information content (AvgIpc) is 3.33. The van der Waals surface area contributed by atoms with E-state index in [4.69, 9.17) is 38.3 Å². The summed E-state index contributed by atoms with van der Waals surface area (Å²) in [5.41, 5.74) is 2.03. The van der Waals surface area contributed by atoms with Gasteiger partial charge in [0.15, 0.2) is 23.0 Å². The molecule has 0 saturated carbocycles. The normalized spacial score (nSPS) is 18.4. The molecule has 74 heavy (non-hydrogen) atoms. The summed E-state index contributed by atoms with van der Waals surface area (Å²) >= 11 is 0. The summed E-state index contributed by atoms with van der Waals surface area (Å²) in [6, 6.07) is 26.0. The van der Waals surface area contributed by atoms with Gasteiger partial charge in [0.1, 0.15) is 42.4 Å². The highest BCUT2D eigenvalue weighted by atomic mass is 35.5. The predicted molar refractivity (Wildman–Crippen MR) is 284 cm³/mol. The Bertz CT molecular complexity index is 2740. The quantitative estimate of drug-likeness (QED) is 0.125. The molecular formula is C54H73ClN2O15S2. The van der Waals surface area contributed by atoms with E-state index in [0.717, 1.165) is 28.9 Å². The molecule has 408 valence electrons. The van der Waals surface area contributed by atoms with Crippen molar-refractivity contribution in [3.63, 3.8) is 0 Å². The SMILES string of the molecule is COc1cc(C(=O)N2CCC3(CC2)CC(O)c2ccccc2O3)ccc1OC(C)C.COc1cc(C(=O)N2CCC3(CC2)CC(OCCS(C)(=O)=O)c2ccccc2O3)ccc1OC(C)C.CS(=O)(=O)CCO.Cl. The topological polar surface area (TPSA) is 214 Å². The number of hydrogen-bond donors (Lipinski definition) is 2. The third-order valence-electron chi connectivity index (χ3n) is 13.0. The van der Waals surface area contributed by atoms with Crippen LogP contribution in [-0.2, 0) is 24.4 Å². The second-order valence-electron chi connectivity index (χ2n) is 19.6. The van der Waals surface area contributed by atoms with Gasteiger partial charge in [0.2, 0.25) is 0 Å². The summed E-state index contributed by atoms with van der Waals surface area (Å²) in [5, 5.41) is 18.6. The molecular weight excluding hydrogens is 1020 g/mol. The van der Waals surface area contributed by atoms with Crippen LogP contribution in [0.25, 0.3) is 0 Å². The zero-order chi connectivity index (χ0) is 53.1. The highest BCUT2D eigenvalue weighted by molar-refractivity contribution is 7.90. The molecule has 4 aliphatic rings. The third kappa shape index (κ3) is 16.1. The Kier molecular flexibility index (Phi) is 20.9. The fraction of sp³-hybridized carbons (Fsp3) is 0.519. The zero-order valence-corrected chi connectivity index (χ0v) is 46.1. The molecule has 4 aromatic rings. The number of hydrogen-bond acceptors (Lipinski definition) is 15. The lowest BCUT2D eigenvalue weighted by Gasteiger charge is -2.46. The largest absolute Gasteiger partial charge is 0.493 e. The number of benzene rings is 4. The number of amides is 2.